The fourth-order valence-electron chi connectivity index (χ4n) is 0.754. The van der Waals surface area contributed by atoms with Crippen molar-refractivity contribution in [3.05, 3.63) is 0 Å². The molecule has 0 aromatic heterocycles. The molecule has 0 bridgehead atoms. The number of aliphatic hydroxyl groups excluding tert-OH is 1. The van der Waals surface area contributed by atoms with Crippen molar-refractivity contribution in [1.29, 1.82) is 0 Å². The van der Waals surface area contributed by atoms with Gasteiger partial charge >= 0.3 is 0 Å². The molecule has 0 unspecified atom stereocenters. The van der Waals surface area contributed by atoms with Gasteiger partial charge < -0.3 is 10.2 Å². The molecule has 2 N–H and O–H groups in total. The zero-order chi connectivity index (χ0) is 7.11. The van der Waals surface area contributed by atoms with E-state index in [2.05, 4.69) is 6.92 Å². The Morgan fingerprint density at radius 1 is 1.10 bits per heavy atom. The second kappa shape index (κ2) is 9.21. The largest absolute Gasteiger partial charge is 0.368 e. The summed E-state index contributed by atoms with van der Waals surface area (Å²) >= 11 is 0. The van der Waals surface area contributed by atoms with Crippen molar-refractivity contribution in [3.8, 4) is 0 Å². The number of halogens is 1. The molecule has 0 aliphatic heterocycles. The summed E-state index contributed by atoms with van der Waals surface area (Å²) in [4.78, 5) is 0. The molecule has 64 valence electrons. The topological polar surface area (TPSA) is 40.5 Å². The van der Waals surface area contributed by atoms with Gasteiger partial charge in [0.1, 0.15) is 0 Å². The quantitative estimate of drug-likeness (QED) is 0.485. The van der Waals surface area contributed by atoms with E-state index >= 15 is 0 Å². The van der Waals surface area contributed by atoms with E-state index in [4.69, 9.17) is 10.2 Å². The van der Waals surface area contributed by atoms with Gasteiger partial charge in [0, 0.05) is 0 Å². The molecule has 0 aliphatic rings. The zero-order valence-corrected chi connectivity index (χ0v) is 7.23. The average Bonchev–Trinajstić information content (AvgIpc) is 1.80. The van der Waals surface area contributed by atoms with Crippen LogP contribution in [0.1, 0.15) is 39.0 Å². The van der Waals surface area contributed by atoms with Crippen molar-refractivity contribution >= 4 is 12.4 Å². The first kappa shape index (κ1) is 12.8. The van der Waals surface area contributed by atoms with E-state index in [1.54, 1.807) is 0 Å². The van der Waals surface area contributed by atoms with Crippen molar-refractivity contribution in [2.75, 3.05) is 0 Å². The maximum atomic E-state index is 8.41. The molecule has 10 heavy (non-hydrogen) atoms. The third kappa shape index (κ3) is 11.1. The van der Waals surface area contributed by atoms with Crippen LogP contribution in [-0.2, 0) is 0 Å². The molecule has 3 heteroatoms. The lowest BCUT2D eigenvalue weighted by Crippen LogP contribution is -2.02. The monoisotopic (exact) mass is 168 g/mol. The van der Waals surface area contributed by atoms with Crippen LogP contribution >= 0.6 is 12.4 Å². The number of aliphatic hydroxyl groups is 2. The standard InChI is InChI=1S/C7H16O2.ClH/c1-2-3-4-5-6-7(8)9;/h7-9H,2-6H2,1H3;1H. The van der Waals surface area contributed by atoms with E-state index in [0.29, 0.717) is 6.42 Å². The minimum Gasteiger partial charge on any atom is -0.368 e. The van der Waals surface area contributed by atoms with Crippen LogP contribution in [0.3, 0.4) is 0 Å². The summed E-state index contributed by atoms with van der Waals surface area (Å²) in [7, 11) is 0. The minimum absolute atomic E-state index is 0. The third-order valence-corrected chi connectivity index (χ3v) is 1.32. The van der Waals surface area contributed by atoms with Crippen LogP contribution in [0.2, 0.25) is 0 Å². The second-order valence-electron chi connectivity index (χ2n) is 2.33. The first-order valence-corrected chi connectivity index (χ1v) is 3.63. The second-order valence-corrected chi connectivity index (χ2v) is 2.33. The highest BCUT2D eigenvalue weighted by Gasteiger charge is 1.94. The van der Waals surface area contributed by atoms with Gasteiger partial charge in [0.15, 0.2) is 6.29 Å². The molecule has 0 heterocycles. The maximum Gasteiger partial charge on any atom is 0.151 e. The Hall–Kier alpha value is 0.210. The van der Waals surface area contributed by atoms with Gasteiger partial charge in [0.2, 0.25) is 0 Å². The van der Waals surface area contributed by atoms with Gasteiger partial charge in [0.25, 0.3) is 0 Å². The number of hydrogen-bond acceptors (Lipinski definition) is 2. The third-order valence-electron chi connectivity index (χ3n) is 1.32. The summed E-state index contributed by atoms with van der Waals surface area (Å²) < 4.78 is 0. The lowest BCUT2D eigenvalue weighted by molar-refractivity contribution is -0.0465. The lowest BCUT2D eigenvalue weighted by Gasteiger charge is -2.00. The fraction of sp³-hybridized carbons (Fsp3) is 1.00. The smallest absolute Gasteiger partial charge is 0.151 e. The minimum atomic E-state index is -1.10. The van der Waals surface area contributed by atoms with E-state index < -0.39 is 6.29 Å². The van der Waals surface area contributed by atoms with E-state index in [9.17, 15) is 0 Å². The summed E-state index contributed by atoms with van der Waals surface area (Å²) in [6, 6.07) is 0. The summed E-state index contributed by atoms with van der Waals surface area (Å²) in [5.41, 5.74) is 0. The van der Waals surface area contributed by atoms with E-state index in [1.807, 2.05) is 0 Å². The predicted molar refractivity (Wildman–Crippen MR) is 44.2 cm³/mol. The summed E-state index contributed by atoms with van der Waals surface area (Å²) in [5.74, 6) is 0. The van der Waals surface area contributed by atoms with Crippen molar-refractivity contribution in [1.82, 2.24) is 0 Å². The van der Waals surface area contributed by atoms with Crippen molar-refractivity contribution in [2.45, 2.75) is 45.3 Å². The van der Waals surface area contributed by atoms with Gasteiger partial charge in [-0.15, -0.1) is 12.4 Å². The summed E-state index contributed by atoms with van der Waals surface area (Å²) in [6.45, 7) is 2.13. The van der Waals surface area contributed by atoms with Crippen LogP contribution in [0.15, 0.2) is 0 Å². The van der Waals surface area contributed by atoms with Crippen LogP contribution in [0.5, 0.6) is 0 Å². The van der Waals surface area contributed by atoms with Crippen molar-refractivity contribution in [2.24, 2.45) is 0 Å². The van der Waals surface area contributed by atoms with Crippen LogP contribution < -0.4 is 0 Å². The molecule has 0 saturated carbocycles. The Bertz CT molecular complexity index is 57.6. The van der Waals surface area contributed by atoms with Crippen molar-refractivity contribution < 1.29 is 10.2 Å². The van der Waals surface area contributed by atoms with Crippen LogP contribution in [0.25, 0.3) is 0 Å². The SMILES string of the molecule is CCCCCCC(O)O.Cl. The fourth-order valence-corrected chi connectivity index (χ4v) is 0.754. The molecular weight excluding hydrogens is 152 g/mol. The maximum absolute atomic E-state index is 8.41. The highest BCUT2D eigenvalue weighted by Crippen LogP contribution is 2.03. The number of rotatable bonds is 5. The molecule has 0 rings (SSSR count). The molecule has 0 fully saturated rings. The highest BCUT2D eigenvalue weighted by molar-refractivity contribution is 5.85. The molecule has 0 radical (unpaired) electrons. The Morgan fingerprint density at radius 3 is 2.10 bits per heavy atom. The van der Waals surface area contributed by atoms with Gasteiger partial charge in [0.05, 0.1) is 0 Å². The summed E-state index contributed by atoms with van der Waals surface area (Å²) in [5, 5.41) is 16.8. The van der Waals surface area contributed by atoms with Crippen LogP contribution in [0, 0.1) is 0 Å². The molecule has 0 amide bonds. The van der Waals surface area contributed by atoms with Gasteiger partial charge in [-0.05, 0) is 12.8 Å². The Balaban J connectivity index is 0. The van der Waals surface area contributed by atoms with E-state index in [0.717, 1.165) is 12.8 Å². The first-order chi connectivity index (χ1) is 4.27. The molecule has 2 nitrogen and oxygen atoms in total. The molecule has 0 aliphatic carbocycles. The van der Waals surface area contributed by atoms with E-state index in [1.165, 1.54) is 12.8 Å². The zero-order valence-electron chi connectivity index (χ0n) is 6.42. The van der Waals surface area contributed by atoms with Crippen LogP contribution in [0.4, 0.5) is 0 Å². The molecule has 0 saturated heterocycles. The van der Waals surface area contributed by atoms with Gasteiger partial charge in [-0.25, -0.2) is 0 Å². The predicted octanol–water partition coefficient (Wildman–Crippen LogP) is 1.69. The van der Waals surface area contributed by atoms with Gasteiger partial charge in [-0.3, -0.25) is 0 Å². The molecule has 0 aromatic carbocycles. The van der Waals surface area contributed by atoms with Gasteiger partial charge in [-0.2, -0.15) is 0 Å². The van der Waals surface area contributed by atoms with Gasteiger partial charge in [-0.1, -0.05) is 26.2 Å². The normalized spacial score (nSPS) is 9.60. The Labute approximate surface area is 68.7 Å². The molecule has 0 atom stereocenters. The Morgan fingerprint density at radius 2 is 1.70 bits per heavy atom. The average molecular weight is 169 g/mol. The number of unbranched alkanes of at least 4 members (excludes halogenated alkanes) is 3. The first-order valence-electron chi connectivity index (χ1n) is 3.63. The lowest BCUT2D eigenvalue weighted by atomic mass is 10.1. The molecule has 0 aromatic rings. The molecule has 0 spiro atoms. The Kier molecular flexibility index (Phi) is 11.8. The number of hydrogen-bond donors (Lipinski definition) is 2. The summed E-state index contributed by atoms with van der Waals surface area (Å²) in [6.07, 6.45) is 3.88. The van der Waals surface area contributed by atoms with E-state index in [-0.39, 0.29) is 12.4 Å². The van der Waals surface area contributed by atoms with Crippen LogP contribution in [-0.4, -0.2) is 16.5 Å². The van der Waals surface area contributed by atoms with Crippen molar-refractivity contribution in [3.63, 3.8) is 0 Å². The molecular formula is C7H17ClO2. The highest BCUT2D eigenvalue weighted by atomic mass is 35.5.